The molecule has 0 bridgehead atoms. The summed E-state index contributed by atoms with van der Waals surface area (Å²) in [5.41, 5.74) is 4.45. The number of nitrogens with one attached hydrogen (secondary N) is 1. The normalized spacial score (nSPS) is 18.4. The molecular weight excluding hydrogens is 394 g/mol. The minimum atomic E-state index is -0.00507. The second-order valence-electron chi connectivity index (χ2n) is 8.17. The number of aliphatic hydroxyl groups excluding tert-OH is 1. The first-order valence-electron chi connectivity index (χ1n) is 11.0. The molecule has 0 aliphatic carbocycles. The van der Waals surface area contributed by atoms with Crippen LogP contribution in [0.1, 0.15) is 22.7 Å². The zero-order chi connectivity index (χ0) is 21.8. The Balaban J connectivity index is 1.58. The fourth-order valence-electron chi connectivity index (χ4n) is 4.49. The van der Waals surface area contributed by atoms with E-state index in [4.69, 9.17) is 0 Å². The zero-order valence-corrected chi connectivity index (χ0v) is 17.9. The molecule has 160 valence electrons. The van der Waals surface area contributed by atoms with Crippen LogP contribution in [-0.2, 0) is 6.42 Å². The average Bonchev–Trinajstić information content (AvgIpc) is 3.02. The van der Waals surface area contributed by atoms with Crippen molar-refractivity contribution in [3.63, 3.8) is 0 Å². The summed E-state index contributed by atoms with van der Waals surface area (Å²) in [6.45, 7) is 0.765. The smallest absolute Gasteiger partial charge is 0.142 e. The van der Waals surface area contributed by atoms with Crippen molar-refractivity contribution in [1.29, 1.82) is 0 Å². The topological polar surface area (TPSA) is 38.7 Å². The van der Waals surface area contributed by atoms with Gasteiger partial charge in [0.15, 0.2) is 0 Å². The molecule has 4 heteroatoms. The maximum Gasteiger partial charge on any atom is 0.142 e. The summed E-state index contributed by atoms with van der Waals surface area (Å²) in [4.78, 5) is 0. The van der Waals surface area contributed by atoms with Gasteiger partial charge in [0, 0.05) is 25.0 Å². The van der Waals surface area contributed by atoms with Crippen LogP contribution in [0, 0.1) is 0 Å². The van der Waals surface area contributed by atoms with E-state index in [-0.39, 0.29) is 17.8 Å². The standard InChI is InChI=1S/C28H27N3O/c32-27-17-10-18-30-26(27)20-29-25(19-22-11-4-1-5-12-22)21-31(30)28(23-13-6-2-7-14-23)24-15-8-3-9-16-24/h1-18,20,25,28-29,32H,19,21H2/t25-/m0/s1. The third kappa shape index (κ3) is 4.18. The summed E-state index contributed by atoms with van der Waals surface area (Å²) < 4.78 is 0. The molecule has 1 atom stereocenters. The summed E-state index contributed by atoms with van der Waals surface area (Å²) >= 11 is 0. The predicted molar refractivity (Wildman–Crippen MR) is 128 cm³/mol. The van der Waals surface area contributed by atoms with Gasteiger partial charge in [-0.1, -0.05) is 91.0 Å². The van der Waals surface area contributed by atoms with Crippen LogP contribution in [0.15, 0.2) is 127 Å². The fourth-order valence-corrected chi connectivity index (χ4v) is 4.49. The molecule has 0 saturated heterocycles. The Morgan fingerprint density at radius 2 is 1.44 bits per heavy atom. The molecule has 0 radical (unpaired) electrons. The predicted octanol–water partition coefficient (Wildman–Crippen LogP) is 5.32. The summed E-state index contributed by atoms with van der Waals surface area (Å²) in [5.74, 6) is 0.255. The summed E-state index contributed by atoms with van der Waals surface area (Å²) in [5, 5.41) is 18.7. The van der Waals surface area contributed by atoms with E-state index in [2.05, 4.69) is 100 Å². The number of benzene rings is 3. The van der Waals surface area contributed by atoms with Crippen molar-refractivity contribution in [3.8, 4) is 0 Å². The second-order valence-corrected chi connectivity index (χ2v) is 8.17. The van der Waals surface area contributed by atoms with Gasteiger partial charge in [-0.3, -0.25) is 5.01 Å². The molecule has 0 aromatic heterocycles. The first kappa shape index (κ1) is 20.2. The van der Waals surface area contributed by atoms with Crippen LogP contribution in [0.4, 0.5) is 0 Å². The third-order valence-corrected chi connectivity index (χ3v) is 5.98. The first-order valence-corrected chi connectivity index (χ1v) is 11.0. The number of fused-ring (bicyclic) bond motifs is 1. The van der Waals surface area contributed by atoms with E-state index in [1.165, 1.54) is 16.7 Å². The number of nitrogens with zero attached hydrogens (tertiary/aromatic N) is 2. The molecule has 0 unspecified atom stereocenters. The van der Waals surface area contributed by atoms with Crippen molar-refractivity contribution >= 4 is 0 Å². The highest BCUT2D eigenvalue weighted by atomic mass is 16.3. The second kappa shape index (κ2) is 9.16. The largest absolute Gasteiger partial charge is 0.506 e. The van der Waals surface area contributed by atoms with Gasteiger partial charge < -0.3 is 10.4 Å². The number of hydrazine groups is 1. The lowest BCUT2D eigenvalue weighted by molar-refractivity contribution is 0.0161. The highest BCUT2D eigenvalue weighted by Gasteiger charge is 2.33. The van der Waals surface area contributed by atoms with Gasteiger partial charge >= 0.3 is 0 Å². The van der Waals surface area contributed by atoms with Gasteiger partial charge in [-0.2, -0.15) is 0 Å². The van der Waals surface area contributed by atoms with Crippen LogP contribution in [0.3, 0.4) is 0 Å². The molecule has 2 N–H and O–H groups in total. The van der Waals surface area contributed by atoms with E-state index >= 15 is 0 Å². The summed E-state index contributed by atoms with van der Waals surface area (Å²) in [6, 6.07) is 31.9. The Labute approximate surface area is 189 Å². The van der Waals surface area contributed by atoms with E-state index < -0.39 is 0 Å². The van der Waals surface area contributed by atoms with Crippen LogP contribution in [-0.4, -0.2) is 27.7 Å². The van der Waals surface area contributed by atoms with E-state index in [9.17, 15) is 5.11 Å². The maximum absolute atomic E-state index is 10.7. The molecule has 2 aliphatic rings. The fraction of sp³-hybridized carbons (Fsp3) is 0.143. The minimum Gasteiger partial charge on any atom is -0.506 e. The number of aliphatic hydroxyl groups is 1. The lowest BCUT2D eigenvalue weighted by Crippen LogP contribution is -2.46. The number of rotatable bonds is 5. The molecule has 3 aromatic carbocycles. The molecule has 0 amide bonds. The molecule has 2 aliphatic heterocycles. The summed E-state index contributed by atoms with van der Waals surface area (Å²) in [7, 11) is 0. The Hall–Kier alpha value is -3.76. The molecule has 32 heavy (non-hydrogen) atoms. The molecule has 0 saturated carbocycles. The van der Waals surface area contributed by atoms with Gasteiger partial charge in [0.1, 0.15) is 11.5 Å². The van der Waals surface area contributed by atoms with Crippen molar-refractivity contribution in [2.24, 2.45) is 0 Å². The molecule has 2 heterocycles. The van der Waals surface area contributed by atoms with Gasteiger partial charge in [0.25, 0.3) is 0 Å². The molecule has 3 aromatic rings. The Morgan fingerprint density at radius 1 is 0.844 bits per heavy atom. The third-order valence-electron chi connectivity index (χ3n) is 5.98. The Morgan fingerprint density at radius 3 is 2.06 bits per heavy atom. The van der Waals surface area contributed by atoms with Crippen LogP contribution < -0.4 is 5.32 Å². The highest BCUT2D eigenvalue weighted by Crippen LogP contribution is 2.35. The molecule has 0 spiro atoms. The lowest BCUT2D eigenvalue weighted by atomic mass is 9.97. The van der Waals surface area contributed by atoms with Crippen LogP contribution in [0.2, 0.25) is 0 Å². The Kier molecular flexibility index (Phi) is 5.77. The average molecular weight is 422 g/mol. The van der Waals surface area contributed by atoms with Crippen LogP contribution >= 0.6 is 0 Å². The monoisotopic (exact) mass is 421 g/mol. The number of hydrogen-bond donors (Lipinski definition) is 2. The summed E-state index contributed by atoms with van der Waals surface area (Å²) in [6.07, 6.45) is 8.48. The van der Waals surface area contributed by atoms with E-state index in [1.54, 1.807) is 6.08 Å². The van der Waals surface area contributed by atoms with E-state index in [1.807, 2.05) is 24.5 Å². The first-order chi connectivity index (χ1) is 15.8. The highest BCUT2D eigenvalue weighted by molar-refractivity contribution is 5.36. The molecule has 5 rings (SSSR count). The molecule has 0 fully saturated rings. The number of allylic oxidation sites excluding steroid dienone is 2. The minimum absolute atomic E-state index is 0.00507. The van der Waals surface area contributed by atoms with E-state index in [0.29, 0.717) is 0 Å². The molecular formula is C28H27N3O. The van der Waals surface area contributed by atoms with Gasteiger partial charge in [-0.05, 0) is 35.3 Å². The lowest BCUT2D eigenvalue weighted by Gasteiger charge is -2.41. The van der Waals surface area contributed by atoms with Crippen molar-refractivity contribution in [2.45, 2.75) is 18.5 Å². The quantitative estimate of drug-likeness (QED) is 0.585. The molecule has 4 nitrogen and oxygen atoms in total. The number of hydrogen-bond acceptors (Lipinski definition) is 4. The zero-order valence-electron chi connectivity index (χ0n) is 17.9. The maximum atomic E-state index is 10.7. The van der Waals surface area contributed by atoms with Crippen LogP contribution in [0.5, 0.6) is 0 Å². The van der Waals surface area contributed by atoms with Gasteiger partial charge in [0.05, 0.1) is 6.04 Å². The van der Waals surface area contributed by atoms with Crippen molar-refractivity contribution in [1.82, 2.24) is 15.3 Å². The van der Waals surface area contributed by atoms with Crippen molar-refractivity contribution < 1.29 is 5.11 Å². The van der Waals surface area contributed by atoms with Gasteiger partial charge in [-0.25, -0.2) is 5.01 Å². The SMILES string of the molecule is OC1=CC=CN2C1=CN[C@@H](Cc1ccccc1)CN2C(c1ccccc1)c1ccccc1. The van der Waals surface area contributed by atoms with Crippen molar-refractivity contribution in [3.05, 3.63) is 144 Å². The van der Waals surface area contributed by atoms with E-state index in [0.717, 1.165) is 18.7 Å². The van der Waals surface area contributed by atoms with Crippen LogP contribution in [0.25, 0.3) is 0 Å². The van der Waals surface area contributed by atoms with Crippen molar-refractivity contribution in [2.75, 3.05) is 6.54 Å². The van der Waals surface area contributed by atoms with Gasteiger partial charge in [0.2, 0.25) is 0 Å². The Bertz CT molecular complexity index is 1080. The van der Waals surface area contributed by atoms with Gasteiger partial charge in [-0.15, -0.1) is 0 Å².